The summed E-state index contributed by atoms with van der Waals surface area (Å²) in [5, 5.41) is 4.56. The Hall–Kier alpha value is -3.18. The number of anilines is 1. The van der Waals surface area contributed by atoms with Crippen LogP contribution in [0.25, 0.3) is 0 Å². The third-order valence-corrected chi connectivity index (χ3v) is 6.47. The standard InChI is InChI=1S/C20H26N4O6S/c1-5-24(6-2)31(28,29)16-12-17(23(4)13-16)19(26)30-14(3)18(25)22-20(27)21-15-10-8-7-9-11-15/h7-14H,5-6H2,1-4H3,(H2,21,22,25,27). The molecule has 0 spiro atoms. The van der Waals surface area contributed by atoms with Gasteiger partial charge in [0.1, 0.15) is 10.6 Å². The van der Waals surface area contributed by atoms with E-state index in [1.165, 1.54) is 35.1 Å². The fourth-order valence-corrected chi connectivity index (χ4v) is 4.29. The first kappa shape index (κ1) is 24.1. The first-order chi connectivity index (χ1) is 14.6. The fraction of sp³-hybridized carbons (Fsp3) is 0.350. The molecule has 2 N–H and O–H groups in total. The highest BCUT2D eigenvalue weighted by Gasteiger charge is 2.27. The summed E-state index contributed by atoms with van der Waals surface area (Å²) in [5.41, 5.74) is 0.447. The second-order valence-corrected chi connectivity index (χ2v) is 8.56. The minimum absolute atomic E-state index is 0.0425. The van der Waals surface area contributed by atoms with Crippen LogP contribution in [-0.4, -0.2) is 54.4 Å². The molecule has 1 aromatic carbocycles. The average molecular weight is 451 g/mol. The number of urea groups is 1. The molecule has 1 atom stereocenters. The Balaban J connectivity index is 2.03. The van der Waals surface area contributed by atoms with Crippen LogP contribution in [0.3, 0.4) is 0 Å². The van der Waals surface area contributed by atoms with Gasteiger partial charge in [-0.25, -0.2) is 18.0 Å². The molecule has 0 radical (unpaired) electrons. The lowest BCUT2D eigenvalue weighted by Gasteiger charge is -2.17. The van der Waals surface area contributed by atoms with Crippen molar-refractivity contribution in [1.29, 1.82) is 0 Å². The van der Waals surface area contributed by atoms with Gasteiger partial charge < -0.3 is 14.6 Å². The first-order valence-corrected chi connectivity index (χ1v) is 11.1. The molecule has 0 aliphatic heterocycles. The van der Waals surface area contributed by atoms with Crippen LogP contribution < -0.4 is 10.6 Å². The van der Waals surface area contributed by atoms with Crippen LogP contribution in [0.15, 0.2) is 47.5 Å². The average Bonchev–Trinajstić information content (AvgIpc) is 3.12. The van der Waals surface area contributed by atoms with E-state index in [1.807, 2.05) is 0 Å². The number of para-hydroxylation sites is 1. The van der Waals surface area contributed by atoms with Crippen LogP contribution >= 0.6 is 0 Å². The van der Waals surface area contributed by atoms with Gasteiger partial charge >= 0.3 is 12.0 Å². The molecule has 0 aliphatic rings. The summed E-state index contributed by atoms with van der Waals surface area (Å²) in [6.45, 7) is 5.31. The number of amides is 3. The van der Waals surface area contributed by atoms with Crippen LogP contribution in [0.2, 0.25) is 0 Å². The van der Waals surface area contributed by atoms with E-state index in [1.54, 1.807) is 44.2 Å². The molecule has 0 saturated heterocycles. The molecule has 1 unspecified atom stereocenters. The molecular weight excluding hydrogens is 424 g/mol. The minimum Gasteiger partial charge on any atom is -0.448 e. The van der Waals surface area contributed by atoms with Gasteiger partial charge in [0.25, 0.3) is 5.91 Å². The predicted octanol–water partition coefficient (Wildman–Crippen LogP) is 1.95. The zero-order valence-corrected chi connectivity index (χ0v) is 18.6. The third-order valence-electron chi connectivity index (χ3n) is 4.45. The Kier molecular flexibility index (Phi) is 7.95. The van der Waals surface area contributed by atoms with Crippen LogP contribution in [0.4, 0.5) is 10.5 Å². The molecule has 0 saturated carbocycles. The molecule has 0 bridgehead atoms. The van der Waals surface area contributed by atoms with Gasteiger partial charge in [-0.2, -0.15) is 4.31 Å². The second kappa shape index (κ2) is 10.2. The largest absolute Gasteiger partial charge is 0.448 e. The topological polar surface area (TPSA) is 127 Å². The summed E-state index contributed by atoms with van der Waals surface area (Å²) < 4.78 is 33.0. The Bertz CT molecular complexity index is 1040. The van der Waals surface area contributed by atoms with Gasteiger partial charge in [0, 0.05) is 32.0 Å². The maximum atomic E-state index is 12.6. The molecule has 2 aromatic rings. The third kappa shape index (κ3) is 5.92. The first-order valence-electron chi connectivity index (χ1n) is 9.64. The molecule has 168 valence electrons. The normalized spacial score (nSPS) is 12.3. The quantitative estimate of drug-likeness (QED) is 0.592. The van der Waals surface area contributed by atoms with Crippen molar-refractivity contribution in [3.63, 3.8) is 0 Å². The number of benzene rings is 1. The molecule has 11 heteroatoms. The lowest BCUT2D eigenvalue weighted by Crippen LogP contribution is -2.41. The number of hydrogen-bond acceptors (Lipinski definition) is 6. The lowest BCUT2D eigenvalue weighted by molar-refractivity contribution is -0.127. The highest BCUT2D eigenvalue weighted by molar-refractivity contribution is 7.89. The molecule has 31 heavy (non-hydrogen) atoms. The number of esters is 1. The summed E-state index contributed by atoms with van der Waals surface area (Å²) in [5.74, 6) is -1.72. The number of aryl methyl sites for hydroxylation is 1. The number of carbonyl (C=O) groups is 3. The maximum absolute atomic E-state index is 12.6. The van der Waals surface area contributed by atoms with Crippen molar-refractivity contribution in [3.8, 4) is 0 Å². The number of nitrogens with zero attached hydrogens (tertiary/aromatic N) is 2. The number of sulfonamides is 1. The van der Waals surface area contributed by atoms with E-state index in [0.717, 1.165) is 0 Å². The second-order valence-electron chi connectivity index (χ2n) is 6.62. The van der Waals surface area contributed by atoms with E-state index in [0.29, 0.717) is 5.69 Å². The minimum atomic E-state index is -3.75. The van der Waals surface area contributed by atoms with Gasteiger partial charge in [0.05, 0.1) is 0 Å². The van der Waals surface area contributed by atoms with Gasteiger partial charge in [-0.3, -0.25) is 10.1 Å². The molecule has 1 heterocycles. The summed E-state index contributed by atoms with van der Waals surface area (Å²) in [6, 6.07) is 8.93. The number of imide groups is 1. The van der Waals surface area contributed by atoms with Gasteiger partial charge in [-0.1, -0.05) is 32.0 Å². The van der Waals surface area contributed by atoms with E-state index < -0.39 is 34.0 Å². The highest BCUT2D eigenvalue weighted by Crippen LogP contribution is 2.19. The molecule has 0 fully saturated rings. The van der Waals surface area contributed by atoms with Crippen LogP contribution in [-0.2, 0) is 26.6 Å². The number of carbonyl (C=O) groups excluding carboxylic acids is 3. The summed E-state index contributed by atoms with van der Waals surface area (Å²) in [6.07, 6.45) is 0.0224. The number of ether oxygens (including phenoxy) is 1. The van der Waals surface area contributed by atoms with Crippen molar-refractivity contribution < 1.29 is 27.5 Å². The number of hydrogen-bond donors (Lipinski definition) is 2. The Labute approximate surface area is 181 Å². The monoisotopic (exact) mass is 450 g/mol. The van der Waals surface area contributed by atoms with Crippen molar-refractivity contribution in [3.05, 3.63) is 48.3 Å². The molecule has 1 aromatic heterocycles. The molecule has 0 aliphatic carbocycles. The SMILES string of the molecule is CCN(CC)S(=O)(=O)c1cc(C(=O)OC(C)C(=O)NC(=O)Nc2ccccc2)n(C)c1. The van der Waals surface area contributed by atoms with E-state index in [2.05, 4.69) is 10.6 Å². The lowest BCUT2D eigenvalue weighted by atomic mass is 10.3. The Morgan fingerprint density at radius 3 is 2.32 bits per heavy atom. The summed E-state index contributed by atoms with van der Waals surface area (Å²) in [7, 11) is -2.26. The van der Waals surface area contributed by atoms with Crippen molar-refractivity contribution in [1.82, 2.24) is 14.2 Å². The van der Waals surface area contributed by atoms with Gasteiger partial charge in [-0.15, -0.1) is 0 Å². The van der Waals surface area contributed by atoms with Crippen LogP contribution in [0.1, 0.15) is 31.3 Å². The predicted molar refractivity (Wildman–Crippen MR) is 114 cm³/mol. The number of rotatable bonds is 8. The van der Waals surface area contributed by atoms with Crippen LogP contribution in [0, 0.1) is 0 Å². The summed E-state index contributed by atoms with van der Waals surface area (Å²) >= 11 is 0. The molecule has 3 amide bonds. The van der Waals surface area contributed by atoms with Crippen LogP contribution in [0.5, 0.6) is 0 Å². The van der Waals surface area contributed by atoms with Gasteiger partial charge in [0.2, 0.25) is 10.0 Å². The van der Waals surface area contributed by atoms with Crippen molar-refractivity contribution in [2.45, 2.75) is 31.8 Å². The van der Waals surface area contributed by atoms with E-state index >= 15 is 0 Å². The fourth-order valence-electron chi connectivity index (χ4n) is 2.76. The number of nitrogens with one attached hydrogen (secondary N) is 2. The Morgan fingerprint density at radius 2 is 1.74 bits per heavy atom. The summed E-state index contributed by atoms with van der Waals surface area (Å²) in [4.78, 5) is 36.5. The van der Waals surface area contributed by atoms with Crippen molar-refractivity contribution in [2.75, 3.05) is 18.4 Å². The zero-order valence-electron chi connectivity index (χ0n) is 17.8. The Morgan fingerprint density at radius 1 is 1.13 bits per heavy atom. The van der Waals surface area contributed by atoms with E-state index in [9.17, 15) is 22.8 Å². The van der Waals surface area contributed by atoms with Gasteiger partial charge in [0.15, 0.2) is 6.10 Å². The van der Waals surface area contributed by atoms with E-state index in [-0.39, 0.29) is 23.7 Å². The van der Waals surface area contributed by atoms with Crippen molar-refractivity contribution >= 4 is 33.6 Å². The highest BCUT2D eigenvalue weighted by atomic mass is 32.2. The van der Waals surface area contributed by atoms with Crippen molar-refractivity contribution in [2.24, 2.45) is 7.05 Å². The number of aromatic nitrogens is 1. The van der Waals surface area contributed by atoms with E-state index in [4.69, 9.17) is 4.74 Å². The maximum Gasteiger partial charge on any atom is 0.355 e. The van der Waals surface area contributed by atoms with Gasteiger partial charge in [-0.05, 0) is 25.1 Å². The molecule has 10 nitrogen and oxygen atoms in total. The smallest absolute Gasteiger partial charge is 0.355 e. The molecule has 2 rings (SSSR count). The zero-order chi connectivity index (χ0) is 23.2. The molecular formula is C20H26N4O6S.